The molecular formula is C16H23N3O. The molecule has 1 fully saturated rings. The summed E-state index contributed by atoms with van der Waals surface area (Å²) in [6.45, 7) is 8.16. The second kappa shape index (κ2) is 6.37. The summed E-state index contributed by atoms with van der Waals surface area (Å²) in [6.07, 6.45) is 2.19. The zero-order valence-corrected chi connectivity index (χ0v) is 12.2. The molecule has 20 heavy (non-hydrogen) atoms. The fourth-order valence-corrected chi connectivity index (χ4v) is 2.86. The summed E-state index contributed by atoms with van der Waals surface area (Å²) in [6, 6.07) is 8.46. The Morgan fingerprint density at radius 1 is 1.15 bits per heavy atom. The molecule has 0 bridgehead atoms. The summed E-state index contributed by atoms with van der Waals surface area (Å²) in [4.78, 5) is 7.27. The number of imidazole rings is 1. The Morgan fingerprint density at radius 3 is 2.75 bits per heavy atom. The van der Waals surface area contributed by atoms with Crippen molar-refractivity contribution in [2.75, 3.05) is 32.8 Å². The van der Waals surface area contributed by atoms with Gasteiger partial charge in [0.05, 0.1) is 24.2 Å². The first-order valence-electron chi connectivity index (χ1n) is 7.62. The number of hydrogen-bond acceptors (Lipinski definition) is 3. The molecule has 2 aromatic rings. The summed E-state index contributed by atoms with van der Waals surface area (Å²) >= 11 is 0. The number of aryl methyl sites for hydroxylation is 1. The zero-order valence-electron chi connectivity index (χ0n) is 12.2. The van der Waals surface area contributed by atoms with E-state index in [-0.39, 0.29) is 0 Å². The summed E-state index contributed by atoms with van der Waals surface area (Å²) < 4.78 is 7.81. The van der Waals surface area contributed by atoms with Gasteiger partial charge in [0, 0.05) is 32.6 Å². The van der Waals surface area contributed by atoms with E-state index in [0.29, 0.717) is 0 Å². The maximum absolute atomic E-state index is 5.41. The molecule has 1 saturated heterocycles. The van der Waals surface area contributed by atoms with E-state index in [0.717, 1.165) is 57.8 Å². The number of hydrogen-bond donors (Lipinski definition) is 0. The van der Waals surface area contributed by atoms with Crippen LogP contribution in [0.4, 0.5) is 0 Å². The lowest BCUT2D eigenvalue weighted by Gasteiger charge is -2.27. The van der Waals surface area contributed by atoms with Gasteiger partial charge in [-0.1, -0.05) is 19.1 Å². The van der Waals surface area contributed by atoms with Crippen molar-refractivity contribution in [1.29, 1.82) is 0 Å². The average molecular weight is 273 g/mol. The first-order valence-corrected chi connectivity index (χ1v) is 7.62. The Balaban J connectivity index is 1.79. The number of rotatable bonds is 5. The van der Waals surface area contributed by atoms with Gasteiger partial charge in [-0.3, -0.25) is 4.90 Å². The lowest BCUT2D eigenvalue weighted by atomic mass is 10.3. The van der Waals surface area contributed by atoms with Crippen molar-refractivity contribution in [3.8, 4) is 0 Å². The molecule has 0 saturated carbocycles. The Hall–Kier alpha value is -1.39. The van der Waals surface area contributed by atoms with Crippen LogP contribution in [0.15, 0.2) is 24.3 Å². The van der Waals surface area contributed by atoms with Crippen LogP contribution in [0.25, 0.3) is 11.0 Å². The average Bonchev–Trinajstić information content (AvgIpc) is 2.84. The largest absolute Gasteiger partial charge is 0.379 e. The lowest BCUT2D eigenvalue weighted by molar-refractivity contribution is 0.0364. The highest BCUT2D eigenvalue weighted by Gasteiger charge is 2.13. The Kier molecular flexibility index (Phi) is 4.33. The molecule has 1 aromatic carbocycles. The van der Waals surface area contributed by atoms with E-state index in [9.17, 15) is 0 Å². The van der Waals surface area contributed by atoms with Crippen LogP contribution < -0.4 is 0 Å². The highest BCUT2D eigenvalue weighted by Crippen LogP contribution is 2.17. The van der Waals surface area contributed by atoms with Gasteiger partial charge < -0.3 is 9.30 Å². The highest BCUT2D eigenvalue weighted by molar-refractivity contribution is 5.75. The molecule has 0 spiro atoms. The summed E-state index contributed by atoms with van der Waals surface area (Å²) in [7, 11) is 0. The Bertz CT molecular complexity index is 558. The maximum Gasteiger partial charge on any atom is 0.109 e. The minimum absolute atomic E-state index is 0.868. The van der Waals surface area contributed by atoms with E-state index in [4.69, 9.17) is 9.72 Å². The molecule has 1 aliphatic rings. The maximum atomic E-state index is 5.41. The molecule has 4 heteroatoms. The van der Waals surface area contributed by atoms with Gasteiger partial charge in [-0.2, -0.15) is 0 Å². The molecule has 0 N–H and O–H groups in total. The molecule has 1 aromatic heterocycles. The third-order valence-corrected chi connectivity index (χ3v) is 3.95. The molecule has 4 nitrogen and oxygen atoms in total. The molecule has 108 valence electrons. The quantitative estimate of drug-likeness (QED) is 0.837. The van der Waals surface area contributed by atoms with Crippen molar-refractivity contribution in [2.45, 2.75) is 26.3 Å². The summed E-state index contributed by atoms with van der Waals surface area (Å²) in [5.41, 5.74) is 2.39. The monoisotopic (exact) mass is 273 g/mol. The number of morpholine rings is 1. The number of para-hydroxylation sites is 2. The van der Waals surface area contributed by atoms with Crippen molar-refractivity contribution < 1.29 is 4.74 Å². The van der Waals surface area contributed by atoms with E-state index in [2.05, 4.69) is 40.7 Å². The molecule has 1 aliphatic heterocycles. The van der Waals surface area contributed by atoms with Gasteiger partial charge in [0.25, 0.3) is 0 Å². The molecule has 2 heterocycles. The van der Waals surface area contributed by atoms with E-state index in [1.807, 2.05) is 0 Å². The fraction of sp³-hybridized carbons (Fsp3) is 0.562. The topological polar surface area (TPSA) is 30.3 Å². The van der Waals surface area contributed by atoms with Gasteiger partial charge in [0.1, 0.15) is 5.82 Å². The van der Waals surface area contributed by atoms with Gasteiger partial charge in [0.15, 0.2) is 0 Å². The van der Waals surface area contributed by atoms with E-state index in [1.165, 1.54) is 11.3 Å². The third-order valence-electron chi connectivity index (χ3n) is 3.95. The molecule has 3 rings (SSSR count). The summed E-state index contributed by atoms with van der Waals surface area (Å²) in [5.74, 6) is 1.22. The van der Waals surface area contributed by atoms with E-state index in [1.54, 1.807) is 0 Å². The predicted molar refractivity (Wildman–Crippen MR) is 81.0 cm³/mol. The second-order valence-corrected chi connectivity index (χ2v) is 5.37. The predicted octanol–water partition coefficient (Wildman–Crippen LogP) is 2.32. The number of ether oxygens (including phenoxy) is 1. The standard InChI is InChI=1S/C16H23N3O/c1-2-5-16-17-14-6-3-4-7-15(14)19(16)9-8-18-10-12-20-13-11-18/h3-4,6-7H,2,5,8-13H2,1H3. The number of aromatic nitrogens is 2. The van der Waals surface area contributed by atoms with Crippen LogP contribution in [0, 0.1) is 0 Å². The van der Waals surface area contributed by atoms with Gasteiger partial charge in [-0.25, -0.2) is 4.98 Å². The normalized spacial score (nSPS) is 16.9. The van der Waals surface area contributed by atoms with Crippen LogP contribution in [0.3, 0.4) is 0 Å². The first-order chi connectivity index (χ1) is 9.88. The number of benzene rings is 1. The van der Waals surface area contributed by atoms with Crippen molar-refractivity contribution in [1.82, 2.24) is 14.5 Å². The highest BCUT2D eigenvalue weighted by atomic mass is 16.5. The van der Waals surface area contributed by atoms with Crippen molar-refractivity contribution in [3.63, 3.8) is 0 Å². The Morgan fingerprint density at radius 2 is 1.95 bits per heavy atom. The van der Waals surface area contributed by atoms with E-state index < -0.39 is 0 Å². The number of fused-ring (bicyclic) bond motifs is 1. The molecule has 0 atom stereocenters. The van der Waals surface area contributed by atoms with Crippen molar-refractivity contribution in [3.05, 3.63) is 30.1 Å². The molecule has 0 unspecified atom stereocenters. The SMILES string of the molecule is CCCc1nc2ccccc2n1CCN1CCOCC1. The molecule has 0 radical (unpaired) electrons. The van der Waals surface area contributed by atoms with Gasteiger partial charge in [-0.15, -0.1) is 0 Å². The van der Waals surface area contributed by atoms with Crippen LogP contribution in [0.2, 0.25) is 0 Å². The fourth-order valence-electron chi connectivity index (χ4n) is 2.86. The van der Waals surface area contributed by atoms with Crippen LogP contribution in [0.5, 0.6) is 0 Å². The zero-order chi connectivity index (χ0) is 13.8. The Labute approximate surface area is 120 Å². The lowest BCUT2D eigenvalue weighted by Crippen LogP contribution is -2.38. The summed E-state index contributed by atoms with van der Waals surface area (Å²) in [5, 5.41) is 0. The minimum Gasteiger partial charge on any atom is -0.379 e. The van der Waals surface area contributed by atoms with Crippen LogP contribution >= 0.6 is 0 Å². The second-order valence-electron chi connectivity index (χ2n) is 5.37. The minimum atomic E-state index is 0.868. The van der Waals surface area contributed by atoms with Gasteiger partial charge in [-0.05, 0) is 18.6 Å². The molecular weight excluding hydrogens is 250 g/mol. The van der Waals surface area contributed by atoms with Crippen LogP contribution in [0.1, 0.15) is 19.2 Å². The van der Waals surface area contributed by atoms with Gasteiger partial charge in [0.2, 0.25) is 0 Å². The van der Waals surface area contributed by atoms with Gasteiger partial charge >= 0.3 is 0 Å². The smallest absolute Gasteiger partial charge is 0.109 e. The third kappa shape index (κ3) is 2.86. The first kappa shape index (κ1) is 13.6. The molecule has 0 aliphatic carbocycles. The molecule has 0 amide bonds. The van der Waals surface area contributed by atoms with Crippen LogP contribution in [-0.4, -0.2) is 47.3 Å². The van der Waals surface area contributed by atoms with E-state index >= 15 is 0 Å². The van der Waals surface area contributed by atoms with Crippen LogP contribution in [-0.2, 0) is 17.7 Å². The van der Waals surface area contributed by atoms with Crippen molar-refractivity contribution in [2.24, 2.45) is 0 Å². The van der Waals surface area contributed by atoms with Crippen molar-refractivity contribution >= 4 is 11.0 Å². The number of nitrogens with zero attached hydrogens (tertiary/aromatic N) is 3.